The second-order valence-corrected chi connectivity index (χ2v) is 4.26. The summed E-state index contributed by atoms with van der Waals surface area (Å²) >= 11 is 0. The molecule has 6 nitrogen and oxygen atoms in total. The average molecular weight is 262 g/mol. The molecule has 2 aromatic heterocycles. The van der Waals surface area contributed by atoms with Gasteiger partial charge in [0.2, 0.25) is 0 Å². The van der Waals surface area contributed by atoms with Crippen molar-refractivity contribution in [3.8, 4) is 5.75 Å². The number of hydrogen-bond donors (Lipinski definition) is 1. The van der Waals surface area contributed by atoms with Crippen molar-refractivity contribution in [2.24, 2.45) is 0 Å². The zero-order chi connectivity index (χ0) is 13.7. The second-order valence-electron chi connectivity index (χ2n) is 4.26. The summed E-state index contributed by atoms with van der Waals surface area (Å²) in [6, 6.07) is 3.86. The first kappa shape index (κ1) is 13.5. The number of rotatable bonds is 6. The standard InChI is InChI=1S/C13H18N4O2/c1-4-14-7-11-13(6-5-9(2)15-11)18-8-12-10(3)16-19-17-12/h5-6,14H,4,7-8H2,1-3H3. The second kappa shape index (κ2) is 6.29. The third kappa shape index (κ3) is 3.51. The van der Waals surface area contributed by atoms with Gasteiger partial charge in [-0.1, -0.05) is 17.2 Å². The van der Waals surface area contributed by atoms with Crippen LogP contribution < -0.4 is 10.1 Å². The summed E-state index contributed by atoms with van der Waals surface area (Å²) in [5, 5.41) is 10.8. The summed E-state index contributed by atoms with van der Waals surface area (Å²) in [4.78, 5) is 4.49. The highest BCUT2D eigenvalue weighted by atomic mass is 16.6. The summed E-state index contributed by atoms with van der Waals surface area (Å²) in [6.07, 6.45) is 0. The topological polar surface area (TPSA) is 73.1 Å². The molecule has 0 spiro atoms. The zero-order valence-corrected chi connectivity index (χ0v) is 11.4. The van der Waals surface area contributed by atoms with Crippen molar-refractivity contribution >= 4 is 0 Å². The predicted octanol–water partition coefficient (Wildman–Crippen LogP) is 1.77. The molecule has 0 unspecified atom stereocenters. The molecule has 102 valence electrons. The van der Waals surface area contributed by atoms with Crippen molar-refractivity contribution < 1.29 is 9.37 Å². The van der Waals surface area contributed by atoms with Gasteiger partial charge in [-0.2, -0.15) is 0 Å². The van der Waals surface area contributed by atoms with Gasteiger partial charge in [-0.15, -0.1) is 0 Å². The number of aryl methyl sites for hydroxylation is 2. The average Bonchev–Trinajstić information content (AvgIpc) is 2.81. The Morgan fingerprint density at radius 2 is 2.05 bits per heavy atom. The number of nitrogens with one attached hydrogen (secondary N) is 1. The largest absolute Gasteiger partial charge is 0.485 e. The molecule has 6 heteroatoms. The minimum atomic E-state index is 0.333. The van der Waals surface area contributed by atoms with Crippen LogP contribution in [0, 0.1) is 13.8 Å². The van der Waals surface area contributed by atoms with Gasteiger partial charge in [0.25, 0.3) is 0 Å². The summed E-state index contributed by atoms with van der Waals surface area (Å²) < 4.78 is 10.4. The van der Waals surface area contributed by atoms with Crippen LogP contribution in [0.1, 0.15) is 29.7 Å². The molecular formula is C13H18N4O2. The maximum atomic E-state index is 5.75. The molecule has 0 aromatic carbocycles. The molecule has 0 aliphatic carbocycles. The lowest BCUT2D eigenvalue weighted by Crippen LogP contribution is -2.14. The molecule has 1 N–H and O–H groups in total. The van der Waals surface area contributed by atoms with Gasteiger partial charge in [0.05, 0.1) is 5.69 Å². The molecular weight excluding hydrogens is 244 g/mol. The molecule has 0 amide bonds. The predicted molar refractivity (Wildman–Crippen MR) is 69.7 cm³/mol. The number of hydrogen-bond acceptors (Lipinski definition) is 6. The van der Waals surface area contributed by atoms with E-state index in [-0.39, 0.29) is 0 Å². The van der Waals surface area contributed by atoms with Crippen molar-refractivity contribution in [1.29, 1.82) is 0 Å². The smallest absolute Gasteiger partial charge is 0.145 e. The normalized spacial score (nSPS) is 10.7. The van der Waals surface area contributed by atoms with Crippen molar-refractivity contribution in [2.45, 2.75) is 33.9 Å². The van der Waals surface area contributed by atoms with Crippen LogP contribution in [0.3, 0.4) is 0 Å². The fourth-order valence-electron chi connectivity index (χ4n) is 1.63. The van der Waals surface area contributed by atoms with E-state index in [4.69, 9.17) is 4.74 Å². The fraction of sp³-hybridized carbons (Fsp3) is 0.462. The summed E-state index contributed by atoms with van der Waals surface area (Å²) in [6.45, 7) is 7.76. The van der Waals surface area contributed by atoms with Gasteiger partial charge >= 0.3 is 0 Å². The first-order valence-corrected chi connectivity index (χ1v) is 6.28. The molecule has 2 rings (SSSR count). The highest BCUT2D eigenvalue weighted by molar-refractivity contribution is 5.29. The summed E-state index contributed by atoms with van der Waals surface area (Å²) in [5.74, 6) is 0.758. The third-order valence-electron chi connectivity index (χ3n) is 2.72. The monoisotopic (exact) mass is 262 g/mol. The lowest BCUT2D eigenvalue weighted by molar-refractivity contribution is 0.267. The maximum Gasteiger partial charge on any atom is 0.145 e. The van der Waals surface area contributed by atoms with E-state index in [2.05, 4.69) is 32.2 Å². The van der Waals surface area contributed by atoms with Gasteiger partial charge in [0, 0.05) is 12.2 Å². The Balaban J connectivity index is 2.08. The number of nitrogens with zero attached hydrogens (tertiary/aromatic N) is 3. The molecule has 0 bridgehead atoms. The van der Waals surface area contributed by atoms with Crippen molar-refractivity contribution in [3.63, 3.8) is 0 Å². The summed E-state index contributed by atoms with van der Waals surface area (Å²) in [5.41, 5.74) is 3.32. The molecule has 2 aromatic rings. The van der Waals surface area contributed by atoms with E-state index in [1.54, 1.807) is 0 Å². The van der Waals surface area contributed by atoms with Crippen LogP contribution in [-0.4, -0.2) is 21.8 Å². The highest BCUT2D eigenvalue weighted by Gasteiger charge is 2.09. The molecule has 0 saturated carbocycles. The Labute approximate surface area is 112 Å². The minimum absolute atomic E-state index is 0.333. The first-order valence-electron chi connectivity index (χ1n) is 6.28. The van der Waals surface area contributed by atoms with E-state index >= 15 is 0 Å². The van der Waals surface area contributed by atoms with Gasteiger partial charge in [-0.05, 0) is 32.5 Å². The lowest BCUT2D eigenvalue weighted by atomic mass is 10.2. The van der Waals surface area contributed by atoms with Crippen LogP contribution in [0.5, 0.6) is 5.75 Å². The fourth-order valence-corrected chi connectivity index (χ4v) is 1.63. The van der Waals surface area contributed by atoms with Crippen LogP contribution in [0.2, 0.25) is 0 Å². The zero-order valence-electron chi connectivity index (χ0n) is 11.4. The minimum Gasteiger partial charge on any atom is -0.485 e. The van der Waals surface area contributed by atoms with Crippen LogP contribution in [0.25, 0.3) is 0 Å². The third-order valence-corrected chi connectivity index (χ3v) is 2.72. The van der Waals surface area contributed by atoms with Gasteiger partial charge in [0.15, 0.2) is 0 Å². The molecule has 0 radical (unpaired) electrons. The highest BCUT2D eigenvalue weighted by Crippen LogP contribution is 2.18. The molecule has 0 aliphatic heterocycles. The van der Waals surface area contributed by atoms with Crippen LogP contribution in [0.15, 0.2) is 16.8 Å². The first-order chi connectivity index (χ1) is 9.20. The lowest BCUT2D eigenvalue weighted by Gasteiger charge is -2.10. The van der Waals surface area contributed by atoms with Crippen LogP contribution in [0.4, 0.5) is 0 Å². The Morgan fingerprint density at radius 3 is 2.74 bits per heavy atom. The maximum absolute atomic E-state index is 5.75. The van der Waals surface area contributed by atoms with Crippen molar-refractivity contribution in [3.05, 3.63) is 34.9 Å². The quantitative estimate of drug-likeness (QED) is 0.855. The number of ether oxygens (including phenoxy) is 1. The molecule has 0 atom stereocenters. The molecule has 0 saturated heterocycles. The van der Waals surface area contributed by atoms with Gasteiger partial charge in [-0.25, -0.2) is 4.63 Å². The van der Waals surface area contributed by atoms with E-state index < -0.39 is 0 Å². The Kier molecular flexibility index (Phi) is 4.46. The van der Waals surface area contributed by atoms with E-state index in [0.717, 1.165) is 29.4 Å². The van der Waals surface area contributed by atoms with E-state index in [0.29, 0.717) is 18.8 Å². The Hall–Kier alpha value is -1.95. The molecule has 0 aliphatic rings. The Bertz CT molecular complexity index is 539. The number of pyridine rings is 1. The van der Waals surface area contributed by atoms with Gasteiger partial charge < -0.3 is 10.1 Å². The molecule has 19 heavy (non-hydrogen) atoms. The van der Waals surface area contributed by atoms with E-state index in [1.165, 1.54) is 0 Å². The number of aromatic nitrogens is 3. The van der Waals surface area contributed by atoms with Gasteiger partial charge in [-0.3, -0.25) is 4.98 Å². The van der Waals surface area contributed by atoms with Crippen LogP contribution in [-0.2, 0) is 13.2 Å². The van der Waals surface area contributed by atoms with E-state index in [1.807, 2.05) is 26.0 Å². The van der Waals surface area contributed by atoms with E-state index in [9.17, 15) is 0 Å². The SMILES string of the molecule is CCNCc1nc(C)ccc1OCc1nonc1C. The summed E-state index contributed by atoms with van der Waals surface area (Å²) in [7, 11) is 0. The van der Waals surface area contributed by atoms with Gasteiger partial charge in [0.1, 0.15) is 23.7 Å². The molecule has 2 heterocycles. The van der Waals surface area contributed by atoms with Crippen LogP contribution >= 0.6 is 0 Å². The molecule has 0 fully saturated rings. The van der Waals surface area contributed by atoms with Crippen molar-refractivity contribution in [2.75, 3.05) is 6.54 Å². The Morgan fingerprint density at radius 1 is 1.21 bits per heavy atom. The van der Waals surface area contributed by atoms with Crippen molar-refractivity contribution in [1.82, 2.24) is 20.6 Å².